The van der Waals surface area contributed by atoms with E-state index in [1.165, 1.54) is 135 Å². The lowest BCUT2D eigenvalue weighted by atomic mass is 10.1. The number of allylic oxidation sites excluding steroid dienone is 6. The Balaban J connectivity index is 3.55. The fourth-order valence-electron chi connectivity index (χ4n) is 5.75. The van der Waals surface area contributed by atoms with Gasteiger partial charge in [-0.3, -0.25) is 9.59 Å². The molecule has 1 unspecified atom stereocenters. The van der Waals surface area contributed by atoms with Gasteiger partial charge in [-0.25, -0.2) is 0 Å². The average Bonchev–Trinajstić information content (AvgIpc) is 3.09. The maximum absolute atomic E-state index is 12.2. The van der Waals surface area contributed by atoms with Crippen LogP contribution >= 0.6 is 0 Å². The van der Waals surface area contributed by atoms with Crippen molar-refractivity contribution in [1.29, 1.82) is 0 Å². The van der Waals surface area contributed by atoms with Gasteiger partial charge in [0.15, 0.2) is 6.10 Å². The van der Waals surface area contributed by atoms with Gasteiger partial charge in [-0.2, -0.15) is 0 Å². The van der Waals surface area contributed by atoms with Gasteiger partial charge >= 0.3 is 11.9 Å². The highest BCUT2D eigenvalue weighted by molar-refractivity contribution is 5.70. The van der Waals surface area contributed by atoms with E-state index in [0.29, 0.717) is 12.8 Å². The highest BCUT2D eigenvalue weighted by Gasteiger charge is 2.16. The monoisotopic (exact) mass is 675 g/mol. The molecule has 0 amide bonds. The highest BCUT2D eigenvalue weighted by atomic mass is 16.6. The molecule has 0 bridgehead atoms. The van der Waals surface area contributed by atoms with Crippen LogP contribution in [0.3, 0.4) is 0 Å². The van der Waals surface area contributed by atoms with Crippen LogP contribution in [-0.4, -0.2) is 36.4 Å². The summed E-state index contributed by atoms with van der Waals surface area (Å²) >= 11 is 0. The summed E-state index contributed by atoms with van der Waals surface area (Å²) in [4.78, 5) is 24.3. The fourth-order valence-corrected chi connectivity index (χ4v) is 5.75. The quantitative estimate of drug-likeness (QED) is 0.0403. The molecule has 0 rings (SSSR count). The fraction of sp³-hybridized carbons (Fsp3) is 0.814. The Morgan fingerprint density at radius 3 is 1.29 bits per heavy atom. The van der Waals surface area contributed by atoms with E-state index in [2.05, 4.69) is 50.3 Å². The Morgan fingerprint density at radius 1 is 0.479 bits per heavy atom. The van der Waals surface area contributed by atoms with Crippen LogP contribution in [0.1, 0.15) is 206 Å². The third-order valence-corrected chi connectivity index (χ3v) is 8.91. The molecule has 5 nitrogen and oxygen atoms in total. The Kier molecular flexibility index (Phi) is 38.0. The number of hydrogen-bond acceptors (Lipinski definition) is 5. The topological polar surface area (TPSA) is 72.8 Å². The first-order chi connectivity index (χ1) is 23.6. The number of unbranched alkanes of at least 4 members (excludes halogenated alkanes) is 23. The van der Waals surface area contributed by atoms with Crippen LogP contribution in [0.4, 0.5) is 0 Å². The smallest absolute Gasteiger partial charge is 0.306 e. The zero-order chi connectivity index (χ0) is 35.0. The highest BCUT2D eigenvalue weighted by Crippen LogP contribution is 2.14. The summed E-state index contributed by atoms with van der Waals surface area (Å²) in [6, 6.07) is 0. The van der Waals surface area contributed by atoms with Gasteiger partial charge in [0, 0.05) is 12.8 Å². The number of rotatable bonds is 37. The summed E-state index contributed by atoms with van der Waals surface area (Å²) in [6.07, 6.45) is 47.7. The van der Waals surface area contributed by atoms with Crippen LogP contribution in [0, 0.1) is 0 Å². The third-order valence-electron chi connectivity index (χ3n) is 8.91. The molecule has 0 spiro atoms. The van der Waals surface area contributed by atoms with E-state index in [-0.39, 0.29) is 25.2 Å². The van der Waals surface area contributed by atoms with Gasteiger partial charge in [-0.1, -0.05) is 159 Å². The Bertz CT molecular complexity index is 771. The number of esters is 2. The van der Waals surface area contributed by atoms with Crippen LogP contribution in [0.5, 0.6) is 0 Å². The summed E-state index contributed by atoms with van der Waals surface area (Å²) in [5.41, 5.74) is 0. The van der Waals surface area contributed by atoms with Crippen molar-refractivity contribution in [1.82, 2.24) is 0 Å². The minimum atomic E-state index is -0.773. The molecule has 0 radical (unpaired) electrons. The van der Waals surface area contributed by atoms with Crippen LogP contribution in [-0.2, 0) is 19.1 Å². The zero-order valence-electron chi connectivity index (χ0n) is 31.7. The van der Waals surface area contributed by atoms with Gasteiger partial charge in [0.2, 0.25) is 0 Å². The molecule has 0 saturated heterocycles. The number of carbonyl (C=O) groups excluding carboxylic acids is 2. The zero-order valence-corrected chi connectivity index (χ0v) is 31.7. The van der Waals surface area contributed by atoms with Crippen molar-refractivity contribution in [2.75, 3.05) is 13.2 Å². The third kappa shape index (κ3) is 36.9. The second kappa shape index (κ2) is 39.6. The summed E-state index contributed by atoms with van der Waals surface area (Å²) in [7, 11) is 0. The molecule has 0 fully saturated rings. The van der Waals surface area contributed by atoms with Gasteiger partial charge < -0.3 is 14.6 Å². The Morgan fingerprint density at radius 2 is 0.833 bits per heavy atom. The van der Waals surface area contributed by atoms with Gasteiger partial charge in [-0.15, -0.1) is 0 Å². The lowest BCUT2D eigenvalue weighted by molar-refractivity contribution is -0.161. The predicted octanol–water partition coefficient (Wildman–Crippen LogP) is 12.8. The van der Waals surface area contributed by atoms with E-state index in [0.717, 1.165) is 44.9 Å². The molecule has 48 heavy (non-hydrogen) atoms. The van der Waals surface area contributed by atoms with Gasteiger partial charge in [0.1, 0.15) is 6.61 Å². The van der Waals surface area contributed by atoms with Crippen molar-refractivity contribution in [2.24, 2.45) is 0 Å². The molecule has 0 aromatic rings. The van der Waals surface area contributed by atoms with Gasteiger partial charge in [-0.05, 0) is 70.6 Å². The van der Waals surface area contributed by atoms with Crippen LogP contribution < -0.4 is 0 Å². The first-order valence-corrected chi connectivity index (χ1v) is 20.5. The molecule has 0 aliphatic heterocycles. The number of carbonyl (C=O) groups is 2. The minimum Gasteiger partial charge on any atom is -0.462 e. The molecule has 0 aromatic carbocycles. The summed E-state index contributed by atoms with van der Waals surface area (Å²) in [6.45, 7) is 4.10. The number of aliphatic hydroxyl groups excluding tert-OH is 1. The molecular weight excluding hydrogens is 596 g/mol. The molecule has 280 valence electrons. The summed E-state index contributed by atoms with van der Waals surface area (Å²) < 4.78 is 10.6. The largest absolute Gasteiger partial charge is 0.462 e. The minimum absolute atomic E-state index is 0.0684. The molecule has 1 atom stereocenters. The van der Waals surface area contributed by atoms with E-state index < -0.39 is 6.10 Å². The van der Waals surface area contributed by atoms with E-state index in [9.17, 15) is 14.7 Å². The van der Waals surface area contributed by atoms with Crippen molar-refractivity contribution in [3.63, 3.8) is 0 Å². The number of hydrogen-bond donors (Lipinski definition) is 1. The SMILES string of the molecule is CCCCCC=CCC=CCCCCCCCCCCCC(=O)OC(CO)COC(=O)CCCCCCCCCC=CCCCCCC. The number of aliphatic hydroxyl groups is 1. The van der Waals surface area contributed by atoms with Gasteiger partial charge in [0.05, 0.1) is 6.61 Å². The van der Waals surface area contributed by atoms with Crippen LogP contribution in [0.2, 0.25) is 0 Å². The first kappa shape index (κ1) is 46.1. The molecule has 1 N–H and O–H groups in total. The van der Waals surface area contributed by atoms with Crippen molar-refractivity contribution in [3.8, 4) is 0 Å². The maximum Gasteiger partial charge on any atom is 0.306 e. The molecule has 0 aromatic heterocycles. The Labute approximate surface area is 297 Å². The molecule has 0 heterocycles. The normalized spacial score (nSPS) is 12.5. The molecule has 0 aliphatic carbocycles. The lowest BCUT2D eigenvalue weighted by Crippen LogP contribution is -2.28. The van der Waals surface area contributed by atoms with Crippen LogP contribution in [0.25, 0.3) is 0 Å². The standard InChI is InChI=1S/C43H78O5/c1-3-5-7-9-11-13-15-17-19-20-21-22-24-26-28-30-32-34-36-38-43(46)48-41(39-44)40-47-42(45)37-35-33-31-29-27-25-23-18-16-14-12-10-8-6-4-2/h11,13-14,16-17,19,41,44H,3-10,12,15,18,20-40H2,1-2H3. The maximum atomic E-state index is 12.2. The number of ether oxygens (including phenoxy) is 2. The van der Waals surface area contributed by atoms with E-state index in [1.807, 2.05) is 0 Å². The summed E-state index contributed by atoms with van der Waals surface area (Å²) in [5.74, 6) is -0.597. The second-order valence-electron chi connectivity index (χ2n) is 13.7. The van der Waals surface area contributed by atoms with Gasteiger partial charge in [0.25, 0.3) is 0 Å². The average molecular weight is 675 g/mol. The van der Waals surface area contributed by atoms with Crippen molar-refractivity contribution in [3.05, 3.63) is 36.5 Å². The van der Waals surface area contributed by atoms with Crippen molar-refractivity contribution >= 4 is 11.9 Å². The molecular formula is C43H78O5. The second-order valence-corrected chi connectivity index (χ2v) is 13.7. The van der Waals surface area contributed by atoms with E-state index >= 15 is 0 Å². The predicted molar refractivity (Wildman–Crippen MR) is 205 cm³/mol. The lowest BCUT2D eigenvalue weighted by Gasteiger charge is -2.15. The molecule has 0 saturated carbocycles. The van der Waals surface area contributed by atoms with Crippen molar-refractivity contribution in [2.45, 2.75) is 213 Å². The Hall–Kier alpha value is -1.88. The summed E-state index contributed by atoms with van der Waals surface area (Å²) in [5, 5.41) is 9.56. The van der Waals surface area contributed by atoms with E-state index in [1.54, 1.807) is 0 Å². The molecule has 5 heteroatoms. The van der Waals surface area contributed by atoms with E-state index in [4.69, 9.17) is 9.47 Å². The van der Waals surface area contributed by atoms with Crippen LogP contribution in [0.15, 0.2) is 36.5 Å². The van der Waals surface area contributed by atoms with Crippen molar-refractivity contribution < 1.29 is 24.2 Å². The first-order valence-electron chi connectivity index (χ1n) is 20.5. The molecule has 0 aliphatic rings.